The molecule has 0 bridgehead atoms. The normalized spacial score (nSPS) is 19.8. The number of nitrogens with one attached hydrogen (secondary N) is 1. The van der Waals surface area contributed by atoms with Crippen LogP contribution in [-0.4, -0.2) is 42.6 Å². The van der Waals surface area contributed by atoms with Gasteiger partial charge in [0.25, 0.3) is 0 Å². The molecule has 1 aromatic heterocycles. The Morgan fingerprint density at radius 3 is 2.65 bits per heavy atom. The molecule has 1 unspecified atom stereocenters. The van der Waals surface area contributed by atoms with Crippen LogP contribution in [0.25, 0.3) is 0 Å². The van der Waals surface area contributed by atoms with Gasteiger partial charge in [-0.25, -0.2) is 4.98 Å². The Morgan fingerprint density at radius 2 is 2.06 bits per heavy atom. The molecule has 0 aliphatic carbocycles. The van der Waals surface area contributed by atoms with Crippen LogP contribution in [0.5, 0.6) is 0 Å². The topological polar surface area (TPSA) is 28.2 Å². The molecule has 3 nitrogen and oxygen atoms in total. The lowest BCUT2D eigenvalue weighted by molar-refractivity contribution is 0.230. The van der Waals surface area contributed by atoms with Crippen LogP contribution in [0.1, 0.15) is 43.3 Å². The summed E-state index contributed by atoms with van der Waals surface area (Å²) in [5.41, 5.74) is 1.25. The van der Waals surface area contributed by atoms with Crippen molar-refractivity contribution < 1.29 is 0 Å². The number of thiazole rings is 1. The van der Waals surface area contributed by atoms with Gasteiger partial charge in [0.05, 0.1) is 10.7 Å². The van der Waals surface area contributed by atoms with Gasteiger partial charge in [-0.05, 0) is 5.92 Å². The maximum absolute atomic E-state index is 4.75. The fourth-order valence-electron chi connectivity index (χ4n) is 2.15. The smallest absolute Gasteiger partial charge is 0.0969 e. The van der Waals surface area contributed by atoms with Gasteiger partial charge in [-0.3, -0.25) is 0 Å². The first-order valence-electron chi connectivity index (χ1n) is 6.55. The van der Waals surface area contributed by atoms with Gasteiger partial charge in [0.2, 0.25) is 0 Å². The van der Waals surface area contributed by atoms with Crippen molar-refractivity contribution in [2.45, 2.75) is 32.6 Å². The molecule has 0 spiro atoms. The summed E-state index contributed by atoms with van der Waals surface area (Å²) in [6.45, 7) is 12.5. The highest BCUT2D eigenvalue weighted by atomic mass is 32.1. The summed E-state index contributed by atoms with van der Waals surface area (Å²) < 4.78 is 0. The predicted octanol–water partition coefficient (Wildman–Crippen LogP) is 2.28. The molecule has 1 saturated heterocycles. The average Bonchev–Trinajstić information content (AvgIpc) is 2.79. The highest BCUT2D eigenvalue weighted by Crippen LogP contribution is 2.24. The molecule has 1 fully saturated rings. The fraction of sp³-hybridized carbons (Fsp3) is 0.769. The minimum atomic E-state index is 0.548. The molecule has 2 heterocycles. The van der Waals surface area contributed by atoms with Crippen molar-refractivity contribution in [2.24, 2.45) is 0 Å². The van der Waals surface area contributed by atoms with E-state index in [9.17, 15) is 0 Å². The zero-order chi connectivity index (χ0) is 12.3. The molecule has 0 amide bonds. The third-order valence-electron chi connectivity index (χ3n) is 3.29. The second-order valence-electron chi connectivity index (χ2n) is 5.22. The Balaban J connectivity index is 1.91. The molecule has 1 aliphatic rings. The zero-order valence-electron chi connectivity index (χ0n) is 11.1. The lowest BCUT2D eigenvalue weighted by Gasteiger charge is -2.29. The third-order valence-corrected chi connectivity index (χ3v) is 4.39. The quantitative estimate of drug-likeness (QED) is 0.892. The Labute approximate surface area is 108 Å². The maximum Gasteiger partial charge on any atom is 0.0969 e. The predicted molar refractivity (Wildman–Crippen MR) is 73.9 cm³/mol. The summed E-state index contributed by atoms with van der Waals surface area (Å²) in [5, 5.41) is 6.91. The van der Waals surface area contributed by atoms with Crippen molar-refractivity contribution in [2.75, 3.05) is 32.7 Å². The second-order valence-corrected chi connectivity index (χ2v) is 6.11. The summed E-state index contributed by atoms with van der Waals surface area (Å²) in [5.74, 6) is 1.11. The maximum atomic E-state index is 4.75. The average molecular weight is 253 g/mol. The molecule has 2 rings (SSSR count). The van der Waals surface area contributed by atoms with Crippen LogP contribution in [0.4, 0.5) is 0 Å². The number of piperazine rings is 1. The van der Waals surface area contributed by atoms with Gasteiger partial charge in [0.15, 0.2) is 0 Å². The molecule has 0 aromatic carbocycles. The minimum absolute atomic E-state index is 0.548. The van der Waals surface area contributed by atoms with Gasteiger partial charge in [-0.2, -0.15) is 0 Å². The van der Waals surface area contributed by atoms with Crippen LogP contribution in [0.3, 0.4) is 0 Å². The van der Waals surface area contributed by atoms with Crippen molar-refractivity contribution in [3.63, 3.8) is 0 Å². The molecular weight excluding hydrogens is 230 g/mol. The summed E-state index contributed by atoms with van der Waals surface area (Å²) in [6, 6.07) is 0. The van der Waals surface area contributed by atoms with Crippen molar-refractivity contribution in [1.82, 2.24) is 15.2 Å². The molecule has 1 aliphatic heterocycles. The van der Waals surface area contributed by atoms with E-state index in [0.29, 0.717) is 11.8 Å². The Morgan fingerprint density at radius 1 is 1.35 bits per heavy atom. The Bertz CT molecular complexity index is 342. The van der Waals surface area contributed by atoms with Crippen molar-refractivity contribution in [1.29, 1.82) is 0 Å². The summed E-state index contributed by atoms with van der Waals surface area (Å²) >= 11 is 1.82. The van der Waals surface area contributed by atoms with Gasteiger partial charge in [-0.15, -0.1) is 11.3 Å². The molecule has 0 saturated carbocycles. The van der Waals surface area contributed by atoms with E-state index in [1.54, 1.807) is 0 Å². The lowest BCUT2D eigenvalue weighted by Crippen LogP contribution is -2.44. The molecule has 1 N–H and O–H groups in total. The molecule has 17 heavy (non-hydrogen) atoms. The van der Waals surface area contributed by atoms with Crippen LogP contribution in [0.2, 0.25) is 0 Å². The second kappa shape index (κ2) is 5.94. The summed E-state index contributed by atoms with van der Waals surface area (Å²) in [6.07, 6.45) is 0. The van der Waals surface area contributed by atoms with E-state index in [4.69, 9.17) is 4.98 Å². The van der Waals surface area contributed by atoms with Crippen molar-refractivity contribution in [3.05, 3.63) is 16.1 Å². The zero-order valence-corrected chi connectivity index (χ0v) is 11.9. The number of hydrogen-bond donors (Lipinski definition) is 1. The van der Waals surface area contributed by atoms with Gasteiger partial charge in [0.1, 0.15) is 0 Å². The Hall–Kier alpha value is -0.450. The standard InChI is InChI=1S/C13H23N3S/c1-10(2)12-9-17-13(15-12)11(3)8-16-6-4-14-5-7-16/h9-11,14H,4-8H2,1-3H3. The minimum Gasteiger partial charge on any atom is -0.314 e. The van der Waals surface area contributed by atoms with E-state index in [1.165, 1.54) is 23.8 Å². The summed E-state index contributed by atoms with van der Waals surface area (Å²) in [7, 11) is 0. The number of aromatic nitrogens is 1. The Kier molecular flexibility index (Phi) is 4.54. The van der Waals surface area contributed by atoms with Gasteiger partial charge >= 0.3 is 0 Å². The SMILES string of the molecule is CC(C)c1csc(C(C)CN2CCNCC2)n1. The molecular formula is C13H23N3S. The van der Waals surface area contributed by atoms with E-state index in [-0.39, 0.29) is 0 Å². The number of nitrogens with zero attached hydrogens (tertiary/aromatic N) is 2. The van der Waals surface area contributed by atoms with E-state index < -0.39 is 0 Å². The van der Waals surface area contributed by atoms with Crippen molar-refractivity contribution in [3.8, 4) is 0 Å². The fourth-order valence-corrected chi connectivity index (χ4v) is 3.18. The third kappa shape index (κ3) is 3.50. The van der Waals surface area contributed by atoms with E-state index in [2.05, 4.69) is 36.4 Å². The summed E-state index contributed by atoms with van der Waals surface area (Å²) in [4.78, 5) is 7.29. The van der Waals surface area contributed by atoms with Gasteiger partial charge < -0.3 is 10.2 Å². The molecule has 1 atom stereocenters. The lowest BCUT2D eigenvalue weighted by atomic mass is 10.1. The first-order chi connectivity index (χ1) is 8.16. The van der Waals surface area contributed by atoms with E-state index >= 15 is 0 Å². The first-order valence-corrected chi connectivity index (χ1v) is 7.43. The van der Waals surface area contributed by atoms with E-state index in [1.807, 2.05) is 11.3 Å². The van der Waals surface area contributed by atoms with Crippen LogP contribution in [0.15, 0.2) is 5.38 Å². The number of hydrogen-bond acceptors (Lipinski definition) is 4. The monoisotopic (exact) mass is 253 g/mol. The highest BCUT2D eigenvalue weighted by molar-refractivity contribution is 7.09. The van der Waals surface area contributed by atoms with Crippen LogP contribution >= 0.6 is 11.3 Å². The van der Waals surface area contributed by atoms with Gasteiger partial charge in [0, 0.05) is 44.0 Å². The van der Waals surface area contributed by atoms with Crippen molar-refractivity contribution >= 4 is 11.3 Å². The van der Waals surface area contributed by atoms with Gasteiger partial charge in [-0.1, -0.05) is 20.8 Å². The molecule has 4 heteroatoms. The number of rotatable bonds is 4. The van der Waals surface area contributed by atoms with Crippen LogP contribution < -0.4 is 5.32 Å². The first kappa shape index (κ1) is 13.0. The van der Waals surface area contributed by atoms with Crippen LogP contribution in [0, 0.1) is 0 Å². The molecule has 0 radical (unpaired) electrons. The molecule has 96 valence electrons. The van der Waals surface area contributed by atoms with Crippen LogP contribution in [-0.2, 0) is 0 Å². The largest absolute Gasteiger partial charge is 0.314 e. The molecule has 1 aromatic rings. The highest BCUT2D eigenvalue weighted by Gasteiger charge is 2.17. The van der Waals surface area contributed by atoms with E-state index in [0.717, 1.165) is 19.6 Å².